The molecule has 1 aromatic rings. The maximum atomic E-state index is 2.81. The Bertz CT molecular complexity index is 440. The van der Waals surface area contributed by atoms with Gasteiger partial charge in [0, 0.05) is 25.0 Å². The number of benzene rings is 1. The molecule has 2 bridgehead atoms. The molecule has 2 aliphatic carbocycles. The summed E-state index contributed by atoms with van der Waals surface area (Å²) < 4.78 is 0. The molecule has 20 heavy (non-hydrogen) atoms. The molecule has 1 aromatic carbocycles. The van der Waals surface area contributed by atoms with Crippen LogP contribution in [-0.2, 0) is 5.41 Å². The highest BCUT2D eigenvalue weighted by atomic mass is 15.2. The minimum atomic E-state index is 0.513. The van der Waals surface area contributed by atoms with E-state index >= 15 is 0 Å². The van der Waals surface area contributed by atoms with E-state index < -0.39 is 0 Å². The molecular weight excluding hydrogens is 242 g/mol. The van der Waals surface area contributed by atoms with Crippen molar-refractivity contribution in [2.75, 3.05) is 19.6 Å². The fourth-order valence-corrected chi connectivity index (χ4v) is 5.15. The van der Waals surface area contributed by atoms with Crippen molar-refractivity contribution in [1.82, 2.24) is 4.90 Å². The van der Waals surface area contributed by atoms with Crippen LogP contribution in [0.4, 0.5) is 0 Å². The van der Waals surface area contributed by atoms with Crippen LogP contribution in [-0.4, -0.2) is 24.5 Å². The van der Waals surface area contributed by atoms with Crippen LogP contribution in [0.15, 0.2) is 30.3 Å². The molecule has 4 fully saturated rings. The summed E-state index contributed by atoms with van der Waals surface area (Å²) in [5.74, 6) is 1.97. The van der Waals surface area contributed by atoms with Gasteiger partial charge in [-0.1, -0.05) is 49.6 Å². The Hall–Kier alpha value is -0.820. The van der Waals surface area contributed by atoms with E-state index in [-0.39, 0.29) is 0 Å². The van der Waals surface area contributed by atoms with E-state index in [4.69, 9.17) is 0 Å². The third-order valence-corrected chi connectivity index (χ3v) is 6.03. The molecule has 0 N–H and O–H groups in total. The molecule has 2 saturated heterocycles. The molecule has 0 amide bonds. The van der Waals surface area contributed by atoms with Gasteiger partial charge >= 0.3 is 0 Å². The van der Waals surface area contributed by atoms with Crippen LogP contribution in [0, 0.1) is 11.8 Å². The van der Waals surface area contributed by atoms with Crippen LogP contribution in [0.25, 0.3) is 0 Å². The average Bonchev–Trinajstić information content (AvgIpc) is 2.48. The molecule has 5 rings (SSSR count). The van der Waals surface area contributed by atoms with Crippen molar-refractivity contribution >= 4 is 0 Å². The monoisotopic (exact) mass is 269 g/mol. The molecule has 0 spiro atoms. The first kappa shape index (κ1) is 12.9. The predicted molar refractivity (Wildman–Crippen MR) is 83.9 cm³/mol. The molecule has 1 heteroatoms. The second-order valence-corrected chi connectivity index (χ2v) is 7.62. The van der Waals surface area contributed by atoms with E-state index in [1.54, 1.807) is 5.56 Å². The van der Waals surface area contributed by atoms with Crippen LogP contribution >= 0.6 is 0 Å². The van der Waals surface area contributed by atoms with Crippen LogP contribution in [0.1, 0.15) is 50.5 Å². The highest BCUT2D eigenvalue weighted by molar-refractivity contribution is 5.31. The minimum absolute atomic E-state index is 0.513. The van der Waals surface area contributed by atoms with Gasteiger partial charge in [0.15, 0.2) is 0 Å². The van der Waals surface area contributed by atoms with Gasteiger partial charge in [-0.2, -0.15) is 0 Å². The lowest BCUT2D eigenvalue weighted by Gasteiger charge is -2.57. The topological polar surface area (TPSA) is 3.24 Å². The van der Waals surface area contributed by atoms with Crippen molar-refractivity contribution in [3.05, 3.63) is 35.9 Å². The molecule has 0 unspecified atom stereocenters. The van der Waals surface area contributed by atoms with Gasteiger partial charge in [-0.15, -0.1) is 0 Å². The first-order chi connectivity index (χ1) is 9.84. The second kappa shape index (κ2) is 5.18. The highest BCUT2D eigenvalue weighted by Gasteiger charge is 2.50. The van der Waals surface area contributed by atoms with Gasteiger partial charge in [0.2, 0.25) is 0 Å². The summed E-state index contributed by atoms with van der Waals surface area (Å²) in [5, 5.41) is 0. The van der Waals surface area contributed by atoms with Crippen LogP contribution in [0.3, 0.4) is 0 Å². The summed E-state index contributed by atoms with van der Waals surface area (Å²) >= 11 is 0. The van der Waals surface area contributed by atoms with Crippen molar-refractivity contribution in [3.8, 4) is 0 Å². The summed E-state index contributed by atoms with van der Waals surface area (Å²) in [6.45, 7) is 4.08. The maximum absolute atomic E-state index is 2.81. The molecule has 2 heterocycles. The first-order valence-corrected chi connectivity index (χ1v) is 8.62. The van der Waals surface area contributed by atoms with E-state index in [1.165, 1.54) is 64.6 Å². The number of rotatable bonds is 3. The van der Waals surface area contributed by atoms with Gasteiger partial charge in [0.1, 0.15) is 0 Å². The third kappa shape index (κ3) is 2.30. The second-order valence-electron chi connectivity index (χ2n) is 7.62. The fourth-order valence-electron chi connectivity index (χ4n) is 5.15. The van der Waals surface area contributed by atoms with E-state index in [1.807, 2.05) is 0 Å². The van der Waals surface area contributed by atoms with Gasteiger partial charge in [-0.3, -0.25) is 0 Å². The largest absolute Gasteiger partial charge is 0.302 e. The Labute approximate surface area is 123 Å². The van der Waals surface area contributed by atoms with Crippen molar-refractivity contribution in [2.45, 2.75) is 50.4 Å². The number of hydrogen-bond acceptors (Lipinski definition) is 1. The Morgan fingerprint density at radius 1 is 1.00 bits per heavy atom. The van der Waals surface area contributed by atoms with Gasteiger partial charge < -0.3 is 4.90 Å². The van der Waals surface area contributed by atoms with Gasteiger partial charge in [0.25, 0.3) is 0 Å². The van der Waals surface area contributed by atoms with Gasteiger partial charge in [-0.05, 0) is 43.1 Å². The molecule has 2 saturated carbocycles. The van der Waals surface area contributed by atoms with E-state index in [0.717, 1.165) is 11.8 Å². The lowest BCUT2D eigenvalue weighted by molar-refractivity contribution is -0.0133. The van der Waals surface area contributed by atoms with Gasteiger partial charge in [0.05, 0.1) is 0 Å². The Kier molecular flexibility index (Phi) is 3.34. The van der Waals surface area contributed by atoms with Crippen molar-refractivity contribution in [2.24, 2.45) is 11.8 Å². The zero-order chi connectivity index (χ0) is 13.4. The standard InChI is InChI=1S/C19H27N/c1-3-7-16(8-4-1)13-20-14-17-11-19(12-17,15-20)18-9-5-2-6-10-18/h2,5-6,9-10,16-17H,1,3-4,7-8,11-15H2. The first-order valence-electron chi connectivity index (χ1n) is 8.62. The summed E-state index contributed by atoms with van der Waals surface area (Å²) in [6.07, 6.45) is 10.3. The summed E-state index contributed by atoms with van der Waals surface area (Å²) in [6, 6.07) is 11.3. The van der Waals surface area contributed by atoms with Crippen molar-refractivity contribution < 1.29 is 0 Å². The Morgan fingerprint density at radius 3 is 2.50 bits per heavy atom. The lowest BCUT2D eigenvalue weighted by Crippen LogP contribution is -2.59. The van der Waals surface area contributed by atoms with E-state index in [0.29, 0.717) is 5.41 Å². The maximum Gasteiger partial charge on any atom is 0.00865 e. The number of hydrogen-bond donors (Lipinski definition) is 0. The zero-order valence-corrected chi connectivity index (χ0v) is 12.6. The SMILES string of the molecule is c1ccc(C23CC(CN(CC4CCCCC4)C2)C3)cc1. The Morgan fingerprint density at radius 2 is 1.75 bits per heavy atom. The molecule has 1 nitrogen and oxygen atoms in total. The fraction of sp³-hybridized carbons (Fsp3) is 0.684. The minimum Gasteiger partial charge on any atom is -0.302 e. The van der Waals surface area contributed by atoms with Crippen LogP contribution < -0.4 is 0 Å². The molecule has 0 aromatic heterocycles. The summed E-state index contributed by atoms with van der Waals surface area (Å²) in [5.41, 5.74) is 2.11. The normalized spacial score (nSPS) is 34.7. The number of piperidine rings is 2. The van der Waals surface area contributed by atoms with Crippen molar-refractivity contribution in [3.63, 3.8) is 0 Å². The lowest BCUT2D eigenvalue weighted by atomic mass is 9.55. The van der Waals surface area contributed by atoms with Crippen LogP contribution in [0.2, 0.25) is 0 Å². The Balaban J connectivity index is 1.44. The molecule has 108 valence electrons. The predicted octanol–water partition coefficient (Wildman–Crippen LogP) is 4.23. The smallest absolute Gasteiger partial charge is 0.00865 e. The average molecular weight is 269 g/mol. The molecule has 0 radical (unpaired) electrons. The molecule has 0 atom stereocenters. The molecule has 4 aliphatic rings. The van der Waals surface area contributed by atoms with E-state index in [2.05, 4.69) is 35.2 Å². The van der Waals surface area contributed by atoms with Crippen LogP contribution in [0.5, 0.6) is 0 Å². The van der Waals surface area contributed by atoms with E-state index in [9.17, 15) is 0 Å². The number of nitrogens with zero attached hydrogens (tertiary/aromatic N) is 1. The summed E-state index contributed by atoms with van der Waals surface area (Å²) in [4.78, 5) is 2.81. The quantitative estimate of drug-likeness (QED) is 0.793. The zero-order valence-electron chi connectivity index (χ0n) is 12.6. The van der Waals surface area contributed by atoms with Gasteiger partial charge in [-0.25, -0.2) is 0 Å². The van der Waals surface area contributed by atoms with Crippen molar-refractivity contribution in [1.29, 1.82) is 0 Å². The number of fused-ring (bicyclic) bond motifs is 2. The highest BCUT2D eigenvalue weighted by Crippen LogP contribution is 2.52. The summed E-state index contributed by atoms with van der Waals surface area (Å²) in [7, 11) is 0. The molecule has 2 aliphatic heterocycles. The third-order valence-electron chi connectivity index (χ3n) is 6.03. The molecular formula is C19H27N.